The second-order valence-corrected chi connectivity index (χ2v) is 34.2. The number of nitro benzene ring substituents is 1. The van der Waals surface area contributed by atoms with Crippen molar-refractivity contribution in [1.82, 2.24) is 0 Å². The molecule has 0 unspecified atom stereocenters. The van der Waals surface area contributed by atoms with Gasteiger partial charge >= 0.3 is 12.3 Å². The number of para-hydroxylation sites is 4. The van der Waals surface area contributed by atoms with E-state index in [1.807, 2.05) is 75.4 Å². The molecule has 11 aliphatic rings. The minimum absolute atomic E-state index is 0.0594. The Morgan fingerprint density at radius 2 is 0.681 bits per heavy atom. The van der Waals surface area contributed by atoms with Crippen LogP contribution in [0.1, 0.15) is 136 Å². The molecular formula is C100H63BrCl2F3IN12O25. The number of hydrogen-bond donors (Lipinski definition) is 9. The number of anilines is 12. The van der Waals surface area contributed by atoms with Crippen LogP contribution in [0.4, 0.5) is 87.1 Å². The zero-order valence-electron chi connectivity index (χ0n) is 74.2. The average Bonchev–Trinajstić information content (AvgIpc) is 1.65. The monoisotopic (exact) mass is 2160 g/mol. The number of nitrogens with zero attached hydrogens (tertiary/aromatic N) is 3. The van der Waals surface area contributed by atoms with Crippen LogP contribution in [0.3, 0.4) is 0 Å². The molecule has 44 heteroatoms. The van der Waals surface area contributed by atoms with Gasteiger partial charge in [0.1, 0.15) is 5.75 Å². The highest BCUT2D eigenvalue weighted by molar-refractivity contribution is 14.1. The first-order chi connectivity index (χ1) is 68.2. The molecule has 0 aliphatic carbocycles. The maximum Gasteiger partial charge on any atom is 0.573 e. The molecule has 12 aromatic rings. The van der Waals surface area contributed by atoms with E-state index < -0.39 is 146 Å². The zero-order valence-corrected chi connectivity index (χ0v) is 79.5. The van der Waals surface area contributed by atoms with Crippen LogP contribution in [-0.4, -0.2) is 147 Å². The molecule has 0 aromatic heterocycles. The van der Waals surface area contributed by atoms with Crippen molar-refractivity contribution < 1.29 is 128 Å². The molecule has 0 spiro atoms. The summed E-state index contributed by atoms with van der Waals surface area (Å²) in [5, 5.41) is 33.2. The van der Waals surface area contributed by atoms with Gasteiger partial charge in [-0.25, -0.2) is 0 Å². The van der Waals surface area contributed by atoms with E-state index >= 15 is 0 Å². The van der Waals surface area contributed by atoms with E-state index in [4.69, 9.17) is 23.2 Å². The molecular weight excluding hydrogens is 2100 g/mol. The number of Topliss-reactive ketones (excluding diaryl/α,β-unsaturated/α-hetero) is 11. The molecule has 0 radical (unpaired) electrons. The molecule has 11 aliphatic heterocycles. The van der Waals surface area contributed by atoms with E-state index in [9.17, 15) is 129 Å². The fraction of sp³-hybridized carbons (Fsp3) is 0.0600. The van der Waals surface area contributed by atoms with Crippen molar-refractivity contribution in [3.63, 3.8) is 0 Å². The third-order valence-corrected chi connectivity index (χ3v) is 23.0. The predicted octanol–water partition coefficient (Wildman–Crippen LogP) is 15.5. The Balaban J connectivity index is 0.000000133. The normalized spacial score (nSPS) is 14.4. The molecule has 144 heavy (non-hydrogen) atoms. The number of fused-ring (bicyclic) bond motifs is 11. The number of alkyl halides is 3. The Kier molecular flexibility index (Phi) is 31.0. The van der Waals surface area contributed by atoms with Crippen LogP contribution >= 0.6 is 61.7 Å². The number of aryl methyl sites for hydroxylation is 4. The van der Waals surface area contributed by atoms with E-state index in [0.29, 0.717) is 117 Å². The highest BCUT2D eigenvalue weighted by Crippen LogP contribution is 2.39. The zero-order chi connectivity index (χ0) is 105. The minimum atomic E-state index is -4.83. The van der Waals surface area contributed by atoms with Crippen molar-refractivity contribution in [2.24, 2.45) is 0 Å². The van der Waals surface area contributed by atoms with Crippen molar-refractivity contribution in [2.45, 2.75) is 34.1 Å². The third-order valence-electron chi connectivity index (χ3n) is 21.3. The lowest BCUT2D eigenvalue weighted by molar-refractivity contribution is -0.384. The summed E-state index contributed by atoms with van der Waals surface area (Å²) in [5.41, 5.74) is 14.4. The van der Waals surface area contributed by atoms with Crippen molar-refractivity contribution in [3.05, 3.63) is 348 Å². The minimum Gasteiger partial charge on any atom is -0.406 e. The molecule has 11 amide bonds. The second-order valence-electron chi connectivity index (χ2n) is 31.1. The van der Waals surface area contributed by atoms with Gasteiger partial charge in [0, 0.05) is 43.0 Å². The lowest BCUT2D eigenvalue weighted by atomic mass is 10.0. The Morgan fingerprint density at radius 1 is 0.326 bits per heavy atom. The number of hydrogen-bond acceptors (Lipinski definition) is 25. The molecule has 722 valence electrons. The van der Waals surface area contributed by atoms with Gasteiger partial charge in [-0.1, -0.05) is 111 Å². The van der Waals surface area contributed by atoms with Gasteiger partial charge in [-0.15, -0.1) is 13.2 Å². The molecule has 37 nitrogen and oxygen atoms in total. The standard InChI is InChI=1S/C14H9NO2.C10H9NO2.C9H6ClNO2.C9H4F3NO3.2C9H7NO2.C8H4BrNO2.C8H4ClNO2.C8H4INO2.C8H4N2O4.C8H5NO2/c16-13-11-8-4-5-9-12(11)15(14(13)17)10-6-2-1-3-7-10;1-5-3-6(2)8-7(4-5)9(12)10(13)11-8;1-4-2-5(10)3-6-7(4)11-9(13)8(6)12;10-9(11,12)16-4-1-2-6-5(3-4)7(14)8(15)13-6;1-5-2-3-7-6(4-5)8(11)9(12)10-7;1-10-7-5-3-2-4-6(7)8(11)9(10)12;3*9-4-1-2-6-5(3-4)7(11)8(12)10-6;11-7-5-3-4(10(13)14)1-2-6(5)9-8(7)12;10-7-5-3-1-2-4-6(5)9-8(7)11/h1-9H;3-4H,1-2H3,(H,11,12,13);2-3H,1H3,(H,11,12,13);1-3H,(H,13,14,15);2-4H,1H3,(H,10,11,12);2-5H,1H3;3*1-3H,(H,10,11,12);1-3H,(H,9,11,12);1-4H,(H,9,10,11). The van der Waals surface area contributed by atoms with Gasteiger partial charge in [-0.2, -0.15) is 0 Å². The van der Waals surface area contributed by atoms with E-state index in [1.54, 1.807) is 147 Å². The van der Waals surface area contributed by atoms with Gasteiger partial charge in [0.2, 0.25) is 0 Å². The average molecular weight is 2170 g/mol. The first kappa shape index (κ1) is 103. The Labute approximate surface area is 839 Å². The quantitative estimate of drug-likeness (QED) is 0.0343. The summed E-state index contributed by atoms with van der Waals surface area (Å²) < 4.78 is 41.0. The fourth-order valence-corrected chi connectivity index (χ4v) is 15.9. The largest absolute Gasteiger partial charge is 0.573 e. The van der Waals surface area contributed by atoms with Crippen molar-refractivity contribution in [2.75, 3.05) is 64.7 Å². The Hall–Kier alpha value is -18.0. The number of carbonyl (C=O) groups is 22. The van der Waals surface area contributed by atoms with Gasteiger partial charge in [-0.3, -0.25) is 120 Å². The van der Waals surface area contributed by atoms with Crippen molar-refractivity contribution in [3.8, 4) is 5.75 Å². The summed E-state index contributed by atoms with van der Waals surface area (Å²) in [6, 6.07) is 64.1. The number of likely N-dealkylation sites (N-methyl/N-ethyl adjacent to an activating group) is 1. The first-order valence-electron chi connectivity index (χ1n) is 41.5. The SMILES string of the molecule is CN1C(=O)C(=O)c2ccccc21.Cc1cc(C)c2c(c1)C(=O)C(=O)N2.Cc1cc(Cl)cc2c1NC(=O)C2=O.Cc1ccc2c(c1)C(=O)C(=O)N2.O=C1C(=O)N(c2ccccc2)c2ccccc21.O=C1Nc2ccc(Br)cc2C1=O.O=C1Nc2ccc(Cl)cc2C1=O.O=C1Nc2ccc(I)cc2C1=O.O=C1Nc2ccc(OC(F)(F)F)cc2C1=O.O=C1Nc2ccc([N+](=O)[O-])cc2C1=O.O=C1Nc2ccccc2C1=O. The number of ketones is 11. The van der Waals surface area contributed by atoms with Crippen molar-refractivity contribution in [1.29, 1.82) is 0 Å². The Bertz CT molecular complexity index is 7390. The summed E-state index contributed by atoms with van der Waals surface area (Å²) in [4.78, 5) is 257. The third kappa shape index (κ3) is 22.9. The first-order valence-corrected chi connectivity index (χ1v) is 44.1. The van der Waals surface area contributed by atoms with E-state index in [2.05, 4.69) is 91.1 Å². The lowest BCUT2D eigenvalue weighted by Gasteiger charge is -2.15. The number of non-ortho nitro benzene ring substituents is 1. The molecule has 0 saturated heterocycles. The highest BCUT2D eigenvalue weighted by Gasteiger charge is 2.40. The maximum atomic E-state index is 11.9. The summed E-state index contributed by atoms with van der Waals surface area (Å²) in [5.74, 6) is -12.6. The number of benzene rings is 12. The molecule has 0 atom stereocenters. The van der Waals surface area contributed by atoms with E-state index in [-0.39, 0.29) is 22.5 Å². The molecule has 0 fully saturated rings. The molecule has 11 heterocycles. The summed E-state index contributed by atoms with van der Waals surface area (Å²) >= 11 is 16.7. The number of halogens is 7. The molecule has 23 rings (SSSR count). The molecule has 12 aromatic carbocycles. The number of nitrogens with one attached hydrogen (secondary N) is 9. The number of rotatable bonds is 3. The van der Waals surface area contributed by atoms with Crippen LogP contribution < -0.4 is 62.4 Å². The highest BCUT2D eigenvalue weighted by atomic mass is 127. The maximum absolute atomic E-state index is 11.9. The molecule has 0 bridgehead atoms. The predicted molar refractivity (Wildman–Crippen MR) is 526 cm³/mol. The number of nitro groups is 1. The fourth-order valence-electron chi connectivity index (χ4n) is 14.6. The van der Waals surface area contributed by atoms with Gasteiger partial charge in [0.25, 0.3) is 128 Å². The van der Waals surface area contributed by atoms with Gasteiger partial charge in [0.15, 0.2) is 0 Å². The van der Waals surface area contributed by atoms with Crippen molar-refractivity contribution >= 4 is 264 Å². The van der Waals surface area contributed by atoms with Crippen LogP contribution in [-0.2, 0) is 52.7 Å². The smallest absolute Gasteiger partial charge is 0.406 e. The van der Waals surface area contributed by atoms with Gasteiger partial charge in [0.05, 0.1) is 129 Å². The number of carbonyl (C=O) groups excluding carboxylic acids is 22. The van der Waals surface area contributed by atoms with E-state index in [1.165, 1.54) is 40.1 Å². The summed E-state index contributed by atoms with van der Waals surface area (Å²) in [6.45, 7) is 7.47. The van der Waals surface area contributed by atoms with E-state index in [0.717, 1.165) is 54.2 Å². The Morgan fingerprint density at radius 3 is 1.18 bits per heavy atom. The summed E-state index contributed by atoms with van der Waals surface area (Å²) in [7, 11) is 1.60. The van der Waals surface area contributed by atoms with Crippen LogP contribution in [0, 0.1) is 41.4 Å². The van der Waals surface area contributed by atoms with Crippen LogP contribution in [0.15, 0.2) is 241 Å². The van der Waals surface area contributed by atoms with Gasteiger partial charge < -0.3 is 57.5 Å². The number of amides is 11. The van der Waals surface area contributed by atoms with Crippen LogP contribution in [0.25, 0.3) is 0 Å². The topological polar surface area (TPSA) is 543 Å². The lowest BCUT2D eigenvalue weighted by Crippen LogP contribution is -2.24. The molecule has 0 saturated carbocycles. The van der Waals surface area contributed by atoms with Crippen LogP contribution in [0.2, 0.25) is 10.0 Å². The van der Waals surface area contributed by atoms with Crippen LogP contribution in [0.5, 0.6) is 5.75 Å². The molecule has 9 N–H and O–H groups in total. The second kappa shape index (κ2) is 43.1. The number of ether oxygens (including phenoxy) is 1. The summed E-state index contributed by atoms with van der Waals surface area (Å²) in [6.07, 6.45) is -4.83. The van der Waals surface area contributed by atoms with Gasteiger partial charge in [-0.05, 0) is 225 Å².